The Morgan fingerprint density at radius 3 is 2.50 bits per heavy atom. The fourth-order valence-corrected chi connectivity index (χ4v) is 2.88. The zero-order valence-corrected chi connectivity index (χ0v) is 14.6. The highest BCUT2D eigenvalue weighted by Gasteiger charge is 2.12. The molecule has 0 atom stereocenters. The molecule has 0 radical (unpaired) electrons. The van der Waals surface area contributed by atoms with Gasteiger partial charge >= 0.3 is 0 Å². The van der Waals surface area contributed by atoms with Gasteiger partial charge in [0.05, 0.1) is 5.02 Å². The minimum atomic E-state index is 0.513. The van der Waals surface area contributed by atoms with E-state index >= 15 is 0 Å². The molecule has 3 nitrogen and oxygen atoms in total. The zero-order chi connectivity index (χ0) is 16.8. The molecule has 3 rings (SSSR count). The molecule has 0 amide bonds. The van der Waals surface area contributed by atoms with Gasteiger partial charge in [0, 0.05) is 11.1 Å². The van der Waals surface area contributed by atoms with Gasteiger partial charge in [0.2, 0.25) is 5.82 Å². The molecule has 0 saturated carbocycles. The lowest BCUT2D eigenvalue weighted by molar-refractivity contribution is 0.432. The van der Waals surface area contributed by atoms with Gasteiger partial charge in [-0.15, -0.1) is 0 Å². The van der Waals surface area contributed by atoms with Crippen molar-refractivity contribution in [1.82, 2.24) is 10.1 Å². The Hall–Kier alpha value is -2.13. The first-order valence-corrected chi connectivity index (χ1v) is 8.83. The summed E-state index contributed by atoms with van der Waals surface area (Å²) in [4.78, 5) is 4.47. The van der Waals surface area contributed by atoms with Crippen LogP contribution in [0.25, 0.3) is 22.8 Å². The molecule has 0 unspecified atom stereocenters. The summed E-state index contributed by atoms with van der Waals surface area (Å²) in [6, 6.07) is 15.9. The van der Waals surface area contributed by atoms with Gasteiger partial charge in [0.15, 0.2) is 0 Å². The highest BCUT2D eigenvalue weighted by Crippen LogP contribution is 2.27. The lowest BCUT2D eigenvalue weighted by Crippen LogP contribution is -1.87. The Balaban J connectivity index is 1.70. The van der Waals surface area contributed by atoms with Crippen LogP contribution in [-0.4, -0.2) is 10.1 Å². The van der Waals surface area contributed by atoms with E-state index in [4.69, 9.17) is 16.1 Å². The van der Waals surface area contributed by atoms with Crippen molar-refractivity contribution in [3.05, 3.63) is 59.1 Å². The second kappa shape index (κ2) is 8.11. The molecule has 1 heterocycles. The van der Waals surface area contributed by atoms with E-state index in [0.717, 1.165) is 17.5 Å². The maximum absolute atomic E-state index is 6.18. The van der Waals surface area contributed by atoms with Crippen molar-refractivity contribution < 1.29 is 4.52 Å². The summed E-state index contributed by atoms with van der Waals surface area (Å²) >= 11 is 6.18. The van der Waals surface area contributed by atoms with E-state index in [9.17, 15) is 0 Å². The van der Waals surface area contributed by atoms with Crippen molar-refractivity contribution in [3.63, 3.8) is 0 Å². The lowest BCUT2D eigenvalue weighted by atomic mass is 10.0. The normalized spacial score (nSPS) is 10.9. The number of hydrogen-bond donors (Lipinski definition) is 0. The van der Waals surface area contributed by atoms with E-state index < -0.39 is 0 Å². The summed E-state index contributed by atoms with van der Waals surface area (Å²) in [5.74, 6) is 1.03. The van der Waals surface area contributed by atoms with Crippen LogP contribution < -0.4 is 0 Å². The third-order valence-corrected chi connectivity index (χ3v) is 4.39. The smallest absolute Gasteiger partial charge is 0.258 e. The van der Waals surface area contributed by atoms with Crippen LogP contribution in [0.2, 0.25) is 5.02 Å². The SMILES string of the molecule is CCCCCCc1ccc(-c2nc(-c3ccccc3Cl)no2)cc1. The number of benzene rings is 2. The highest BCUT2D eigenvalue weighted by molar-refractivity contribution is 6.33. The highest BCUT2D eigenvalue weighted by atomic mass is 35.5. The fraction of sp³-hybridized carbons (Fsp3) is 0.300. The third-order valence-electron chi connectivity index (χ3n) is 4.06. The third kappa shape index (κ3) is 4.04. The molecule has 4 heteroatoms. The molecule has 0 bridgehead atoms. The number of aryl methyl sites for hydroxylation is 1. The molecule has 3 aromatic rings. The summed E-state index contributed by atoms with van der Waals surface area (Å²) in [5.41, 5.74) is 3.06. The average molecular weight is 341 g/mol. The molecular formula is C20H21ClN2O. The van der Waals surface area contributed by atoms with Gasteiger partial charge in [-0.1, -0.05) is 67.2 Å². The Bertz CT molecular complexity index is 780. The molecule has 0 spiro atoms. The second-order valence-corrected chi connectivity index (χ2v) is 6.32. The van der Waals surface area contributed by atoms with E-state index in [1.54, 1.807) is 0 Å². The summed E-state index contributed by atoms with van der Waals surface area (Å²) in [6.45, 7) is 2.23. The average Bonchev–Trinajstić information content (AvgIpc) is 3.09. The Labute approximate surface area is 147 Å². The van der Waals surface area contributed by atoms with Gasteiger partial charge in [-0.3, -0.25) is 0 Å². The van der Waals surface area contributed by atoms with Gasteiger partial charge in [0.1, 0.15) is 0 Å². The number of aromatic nitrogens is 2. The van der Waals surface area contributed by atoms with E-state index in [1.807, 2.05) is 36.4 Å². The van der Waals surface area contributed by atoms with E-state index in [-0.39, 0.29) is 0 Å². The molecule has 0 N–H and O–H groups in total. The Morgan fingerprint density at radius 2 is 1.75 bits per heavy atom. The monoisotopic (exact) mass is 340 g/mol. The zero-order valence-electron chi connectivity index (χ0n) is 13.8. The quantitative estimate of drug-likeness (QED) is 0.482. The molecule has 0 fully saturated rings. The van der Waals surface area contributed by atoms with Crippen molar-refractivity contribution in [2.24, 2.45) is 0 Å². The van der Waals surface area contributed by atoms with E-state index in [1.165, 1.54) is 31.2 Å². The molecule has 0 saturated heterocycles. The summed E-state index contributed by atoms with van der Waals surface area (Å²) in [7, 11) is 0. The number of rotatable bonds is 7. The maximum Gasteiger partial charge on any atom is 0.258 e. The predicted molar refractivity (Wildman–Crippen MR) is 98.0 cm³/mol. The molecule has 0 aliphatic heterocycles. The first-order chi connectivity index (χ1) is 11.8. The molecule has 0 aliphatic carbocycles. The van der Waals surface area contributed by atoms with E-state index in [2.05, 4.69) is 29.2 Å². The van der Waals surface area contributed by atoms with Crippen LogP contribution >= 0.6 is 11.6 Å². The first-order valence-electron chi connectivity index (χ1n) is 8.46. The Morgan fingerprint density at radius 1 is 0.958 bits per heavy atom. The lowest BCUT2D eigenvalue weighted by Gasteiger charge is -2.02. The minimum absolute atomic E-state index is 0.513. The standard InChI is InChI=1S/C20H21ClN2O/c1-2-3-4-5-8-15-11-13-16(14-12-15)20-22-19(23-24-20)17-9-6-7-10-18(17)21/h6-7,9-14H,2-5,8H2,1H3. The van der Waals surface area contributed by atoms with Gasteiger partial charge < -0.3 is 4.52 Å². The Kier molecular flexibility index (Phi) is 5.65. The summed E-state index contributed by atoms with van der Waals surface area (Å²) in [6.07, 6.45) is 6.23. The number of halogens is 1. The van der Waals surface area contributed by atoms with Crippen molar-refractivity contribution >= 4 is 11.6 Å². The number of hydrogen-bond acceptors (Lipinski definition) is 3. The van der Waals surface area contributed by atoms with Crippen LogP contribution in [-0.2, 0) is 6.42 Å². The molecule has 2 aromatic carbocycles. The van der Waals surface area contributed by atoms with Crippen molar-refractivity contribution in [2.45, 2.75) is 39.0 Å². The minimum Gasteiger partial charge on any atom is -0.334 e. The van der Waals surface area contributed by atoms with Crippen molar-refractivity contribution in [3.8, 4) is 22.8 Å². The number of unbranched alkanes of at least 4 members (excludes halogenated alkanes) is 3. The van der Waals surface area contributed by atoms with Crippen LogP contribution in [0.5, 0.6) is 0 Å². The van der Waals surface area contributed by atoms with Gasteiger partial charge in [-0.2, -0.15) is 4.98 Å². The summed E-state index contributed by atoms with van der Waals surface area (Å²) < 4.78 is 5.39. The molecule has 0 aliphatic rings. The fourth-order valence-electron chi connectivity index (χ4n) is 2.66. The maximum atomic E-state index is 6.18. The topological polar surface area (TPSA) is 38.9 Å². The van der Waals surface area contributed by atoms with Crippen molar-refractivity contribution in [2.75, 3.05) is 0 Å². The predicted octanol–water partition coefficient (Wildman–Crippen LogP) is 6.18. The second-order valence-electron chi connectivity index (χ2n) is 5.91. The van der Waals surface area contributed by atoms with Gasteiger partial charge in [-0.25, -0.2) is 0 Å². The molecular weight excluding hydrogens is 320 g/mol. The molecule has 124 valence electrons. The summed E-state index contributed by atoms with van der Waals surface area (Å²) in [5, 5.41) is 4.66. The van der Waals surface area contributed by atoms with Crippen LogP contribution in [0.4, 0.5) is 0 Å². The largest absolute Gasteiger partial charge is 0.334 e. The van der Waals surface area contributed by atoms with Crippen LogP contribution in [0.3, 0.4) is 0 Å². The van der Waals surface area contributed by atoms with Gasteiger partial charge in [0.25, 0.3) is 5.89 Å². The van der Waals surface area contributed by atoms with E-state index in [0.29, 0.717) is 16.7 Å². The van der Waals surface area contributed by atoms with Crippen LogP contribution in [0.1, 0.15) is 38.2 Å². The molecule has 24 heavy (non-hydrogen) atoms. The molecule has 1 aromatic heterocycles. The van der Waals surface area contributed by atoms with Crippen molar-refractivity contribution in [1.29, 1.82) is 0 Å². The van der Waals surface area contributed by atoms with Gasteiger partial charge in [-0.05, 0) is 42.7 Å². The van der Waals surface area contributed by atoms with Crippen LogP contribution in [0, 0.1) is 0 Å². The first kappa shape index (κ1) is 16.7. The van der Waals surface area contributed by atoms with Crippen LogP contribution in [0.15, 0.2) is 53.1 Å². The number of nitrogens with zero attached hydrogens (tertiary/aromatic N) is 2.